The van der Waals surface area contributed by atoms with E-state index < -0.39 is 0 Å². The van der Waals surface area contributed by atoms with E-state index in [0.29, 0.717) is 5.41 Å². The van der Waals surface area contributed by atoms with E-state index >= 15 is 0 Å². The van der Waals surface area contributed by atoms with Gasteiger partial charge in [0.05, 0.1) is 6.54 Å². The SMILES string of the molecule is CCNC(=NCCNC(C)(C)C)N1CCC2(CCOCC2)C1.I. The summed E-state index contributed by atoms with van der Waals surface area (Å²) in [5.74, 6) is 1.08. The number of halogens is 1. The smallest absolute Gasteiger partial charge is 0.193 e. The highest BCUT2D eigenvalue weighted by molar-refractivity contribution is 14.0. The molecule has 0 aromatic carbocycles. The Morgan fingerprint density at radius 1 is 1.22 bits per heavy atom. The maximum absolute atomic E-state index is 5.54. The third-order valence-corrected chi connectivity index (χ3v) is 4.65. The first-order chi connectivity index (χ1) is 10.4. The molecular weight excluding hydrogens is 403 g/mol. The standard InChI is InChI=1S/C17H34N4O.HI/c1-5-18-15(19-9-10-20-16(2,3)4)21-11-6-17(14-21)7-12-22-13-8-17;/h20H,5-14H2,1-4H3,(H,18,19);1H. The van der Waals surface area contributed by atoms with Crippen LogP contribution in [0.3, 0.4) is 0 Å². The van der Waals surface area contributed by atoms with Crippen molar-refractivity contribution in [2.75, 3.05) is 45.9 Å². The molecule has 2 heterocycles. The topological polar surface area (TPSA) is 48.9 Å². The largest absolute Gasteiger partial charge is 0.381 e. The first-order valence-corrected chi connectivity index (χ1v) is 8.80. The van der Waals surface area contributed by atoms with E-state index in [2.05, 4.69) is 43.2 Å². The molecule has 0 aromatic rings. The molecule has 136 valence electrons. The lowest BCUT2D eigenvalue weighted by atomic mass is 9.80. The highest BCUT2D eigenvalue weighted by atomic mass is 127. The van der Waals surface area contributed by atoms with Crippen LogP contribution in [0.5, 0.6) is 0 Å². The Kier molecular flexibility index (Phi) is 8.58. The number of guanidine groups is 1. The van der Waals surface area contributed by atoms with Crippen LogP contribution in [0.15, 0.2) is 4.99 Å². The van der Waals surface area contributed by atoms with Crippen LogP contribution in [-0.4, -0.2) is 62.3 Å². The van der Waals surface area contributed by atoms with Gasteiger partial charge in [-0.2, -0.15) is 0 Å². The maximum Gasteiger partial charge on any atom is 0.193 e. The molecule has 2 aliphatic rings. The summed E-state index contributed by atoms with van der Waals surface area (Å²) in [4.78, 5) is 7.26. The Bertz CT molecular complexity index is 375. The molecule has 2 fully saturated rings. The van der Waals surface area contributed by atoms with E-state index in [0.717, 1.165) is 51.9 Å². The van der Waals surface area contributed by atoms with Gasteiger partial charge in [-0.3, -0.25) is 4.99 Å². The average molecular weight is 438 g/mol. The van der Waals surface area contributed by atoms with Gasteiger partial charge in [0.25, 0.3) is 0 Å². The van der Waals surface area contributed by atoms with Gasteiger partial charge in [-0.15, -0.1) is 24.0 Å². The van der Waals surface area contributed by atoms with Gasteiger partial charge < -0.3 is 20.3 Å². The van der Waals surface area contributed by atoms with Gasteiger partial charge in [-0.25, -0.2) is 0 Å². The van der Waals surface area contributed by atoms with Crippen LogP contribution >= 0.6 is 24.0 Å². The number of aliphatic imine (C=N–C) groups is 1. The Morgan fingerprint density at radius 2 is 1.91 bits per heavy atom. The molecule has 0 radical (unpaired) electrons. The Balaban J connectivity index is 0.00000264. The molecule has 0 unspecified atom stereocenters. The van der Waals surface area contributed by atoms with Crippen molar-refractivity contribution in [3.8, 4) is 0 Å². The second-order valence-corrected chi connectivity index (χ2v) is 7.70. The van der Waals surface area contributed by atoms with Gasteiger partial charge in [0, 0.05) is 44.9 Å². The van der Waals surface area contributed by atoms with Crippen molar-refractivity contribution in [1.29, 1.82) is 0 Å². The van der Waals surface area contributed by atoms with E-state index in [1.165, 1.54) is 19.3 Å². The van der Waals surface area contributed by atoms with Crippen LogP contribution in [-0.2, 0) is 4.74 Å². The predicted octanol–water partition coefficient (Wildman–Crippen LogP) is 2.46. The van der Waals surface area contributed by atoms with Crippen molar-refractivity contribution in [3.05, 3.63) is 0 Å². The summed E-state index contributed by atoms with van der Waals surface area (Å²) in [6.07, 6.45) is 3.68. The summed E-state index contributed by atoms with van der Waals surface area (Å²) in [5.41, 5.74) is 0.631. The molecule has 0 atom stereocenters. The van der Waals surface area contributed by atoms with Crippen molar-refractivity contribution in [3.63, 3.8) is 0 Å². The zero-order chi connectivity index (χ0) is 16.1. The molecule has 6 heteroatoms. The van der Waals surface area contributed by atoms with Gasteiger partial charge in [-0.05, 0) is 52.4 Å². The van der Waals surface area contributed by atoms with Gasteiger partial charge in [0.1, 0.15) is 0 Å². The highest BCUT2D eigenvalue weighted by Crippen LogP contribution is 2.39. The van der Waals surface area contributed by atoms with Crippen molar-refractivity contribution in [1.82, 2.24) is 15.5 Å². The highest BCUT2D eigenvalue weighted by Gasteiger charge is 2.40. The molecule has 2 aliphatic heterocycles. The molecule has 0 bridgehead atoms. The van der Waals surface area contributed by atoms with Crippen molar-refractivity contribution in [2.45, 2.75) is 52.5 Å². The van der Waals surface area contributed by atoms with Crippen LogP contribution in [0.1, 0.15) is 47.0 Å². The van der Waals surface area contributed by atoms with Crippen LogP contribution < -0.4 is 10.6 Å². The Labute approximate surface area is 159 Å². The molecule has 0 amide bonds. The second kappa shape index (κ2) is 9.42. The number of ether oxygens (including phenoxy) is 1. The summed E-state index contributed by atoms with van der Waals surface area (Å²) in [5, 5.41) is 6.96. The number of nitrogens with one attached hydrogen (secondary N) is 2. The molecule has 23 heavy (non-hydrogen) atoms. The summed E-state index contributed by atoms with van der Waals surface area (Å²) >= 11 is 0. The Morgan fingerprint density at radius 3 is 2.52 bits per heavy atom. The third-order valence-electron chi connectivity index (χ3n) is 4.65. The van der Waals surface area contributed by atoms with E-state index in [4.69, 9.17) is 9.73 Å². The van der Waals surface area contributed by atoms with E-state index in [-0.39, 0.29) is 29.5 Å². The Hall–Kier alpha value is -0.0800. The lowest BCUT2D eigenvalue weighted by Crippen LogP contribution is -2.43. The number of hydrogen-bond acceptors (Lipinski definition) is 3. The van der Waals surface area contributed by atoms with Gasteiger partial charge >= 0.3 is 0 Å². The fourth-order valence-electron chi connectivity index (χ4n) is 3.35. The summed E-state index contributed by atoms with van der Waals surface area (Å²) < 4.78 is 5.54. The minimum Gasteiger partial charge on any atom is -0.381 e. The molecule has 2 N–H and O–H groups in total. The minimum atomic E-state index is 0. The third kappa shape index (κ3) is 6.74. The molecular formula is C17H35IN4O. The maximum atomic E-state index is 5.54. The van der Waals surface area contributed by atoms with Crippen LogP contribution in [0.2, 0.25) is 0 Å². The fraction of sp³-hybridized carbons (Fsp3) is 0.941. The van der Waals surface area contributed by atoms with E-state index in [1.54, 1.807) is 0 Å². The van der Waals surface area contributed by atoms with Crippen molar-refractivity contribution in [2.24, 2.45) is 10.4 Å². The normalized spacial score (nSPS) is 21.4. The van der Waals surface area contributed by atoms with Crippen LogP contribution in [0.25, 0.3) is 0 Å². The van der Waals surface area contributed by atoms with E-state index in [1.807, 2.05) is 0 Å². The molecule has 5 nitrogen and oxygen atoms in total. The number of rotatable bonds is 4. The van der Waals surface area contributed by atoms with Crippen molar-refractivity contribution >= 4 is 29.9 Å². The molecule has 2 rings (SSSR count). The van der Waals surface area contributed by atoms with Gasteiger partial charge in [0.15, 0.2) is 5.96 Å². The van der Waals surface area contributed by atoms with E-state index in [9.17, 15) is 0 Å². The zero-order valence-corrected chi connectivity index (χ0v) is 17.6. The van der Waals surface area contributed by atoms with Crippen molar-refractivity contribution < 1.29 is 4.74 Å². The summed E-state index contributed by atoms with van der Waals surface area (Å²) in [7, 11) is 0. The number of hydrogen-bond donors (Lipinski definition) is 2. The lowest BCUT2D eigenvalue weighted by molar-refractivity contribution is 0.0217. The van der Waals surface area contributed by atoms with Crippen LogP contribution in [0, 0.1) is 5.41 Å². The second-order valence-electron chi connectivity index (χ2n) is 7.70. The van der Waals surface area contributed by atoms with Gasteiger partial charge in [-0.1, -0.05) is 0 Å². The first-order valence-electron chi connectivity index (χ1n) is 8.80. The first kappa shape index (κ1) is 21.0. The molecule has 0 aromatic heterocycles. The predicted molar refractivity (Wildman–Crippen MR) is 108 cm³/mol. The number of likely N-dealkylation sites (tertiary alicyclic amines) is 1. The fourth-order valence-corrected chi connectivity index (χ4v) is 3.35. The molecule has 2 saturated heterocycles. The minimum absolute atomic E-state index is 0. The number of nitrogens with zero attached hydrogens (tertiary/aromatic N) is 2. The molecule has 1 spiro atoms. The monoisotopic (exact) mass is 438 g/mol. The molecule has 0 aliphatic carbocycles. The zero-order valence-electron chi connectivity index (χ0n) is 15.3. The average Bonchev–Trinajstić information content (AvgIpc) is 2.85. The summed E-state index contributed by atoms with van der Waals surface area (Å²) in [6.45, 7) is 15.5. The van der Waals surface area contributed by atoms with Gasteiger partial charge in [0.2, 0.25) is 0 Å². The van der Waals surface area contributed by atoms with Crippen LogP contribution in [0.4, 0.5) is 0 Å². The quantitative estimate of drug-likeness (QED) is 0.307. The molecule has 0 saturated carbocycles. The summed E-state index contributed by atoms with van der Waals surface area (Å²) in [6, 6.07) is 0. The lowest BCUT2D eigenvalue weighted by Gasteiger charge is -2.33.